The lowest BCUT2D eigenvalue weighted by molar-refractivity contribution is -0.122. The number of rotatable bonds is 5. The molecule has 1 fully saturated rings. The molecule has 4 nitrogen and oxygen atoms in total. The Morgan fingerprint density at radius 2 is 1.65 bits per heavy atom. The topological polar surface area (TPSA) is 49.4 Å². The van der Waals surface area contributed by atoms with Gasteiger partial charge in [0.05, 0.1) is 0 Å². The number of carbonyl (C=O) groups excluding carboxylic acids is 2. The summed E-state index contributed by atoms with van der Waals surface area (Å²) in [5.74, 6) is -0.0647. The van der Waals surface area contributed by atoms with Crippen molar-refractivity contribution in [2.45, 2.75) is 25.8 Å². The third kappa shape index (κ3) is 4.69. The molecular weight excluding hydrogens is 331 g/mol. The van der Waals surface area contributed by atoms with E-state index in [0.29, 0.717) is 30.6 Å². The summed E-state index contributed by atoms with van der Waals surface area (Å²) in [5, 5.41) is 2.79. The van der Waals surface area contributed by atoms with Crippen LogP contribution in [-0.4, -0.2) is 29.8 Å². The standard InChI is InChI=1S/C21H23FN2O2/c22-19-9-5-4-8-18(19)15-23-20(25)14-16-10-12-24(13-11-16)21(26)17-6-2-1-3-7-17/h1-9,16H,10-15H2,(H,23,25). The molecule has 1 saturated heterocycles. The van der Waals surface area contributed by atoms with Gasteiger partial charge in [0.25, 0.3) is 5.91 Å². The van der Waals surface area contributed by atoms with Crippen LogP contribution in [0.25, 0.3) is 0 Å². The maximum Gasteiger partial charge on any atom is 0.253 e. The molecule has 136 valence electrons. The van der Waals surface area contributed by atoms with Gasteiger partial charge in [-0.3, -0.25) is 9.59 Å². The maximum atomic E-state index is 13.6. The van der Waals surface area contributed by atoms with E-state index in [2.05, 4.69) is 5.32 Å². The highest BCUT2D eigenvalue weighted by Crippen LogP contribution is 2.22. The van der Waals surface area contributed by atoms with Crippen LogP contribution in [-0.2, 0) is 11.3 Å². The summed E-state index contributed by atoms with van der Waals surface area (Å²) >= 11 is 0. The summed E-state index contributed by atoms with van der Waals surface area (Å²) in [6.07, 6.45) is 2.04. The van der Waals surface area contributed by atoms with Crippen LogP contribution in [0.2, 0.25) is 0 Å². The number of nitrogens with zero attached hydrogens (tertiary/aromatic N) is 1. The molecule has 1 heterocycles. The number of benzene rings is 2. The van der Waals surface area contributed by atoms with Gasteiger partial charge in [-0.15, -0.1) is 0 Å². The van der Waals surface area contributed by atoms with Crippen molar-refractivity contribution in [3.05, 3.63) is 71.5 Å². The molecule has 0 atom stereocenters. The van der Waals surface area contributed by atoms with Crippen molar-refractivity contribution in [1.82, 2.24) is 10.2 Å². The molecule has 26 heavy (non-hydrogen) atoms. The zero-order chi connectivity index (χ0) is 18.4. The van der Waals surface area contributed by atoms with Crippen LogP contribution < -0.4 is 5.32 Å². The SMILES string of the molecule is O=C(CC1CCN(C(=O)c2ccccc2)CC1)NCc1ccccc1F. The lowest BCUT2D eigenvalue weighted by Gasteiger charge is -2.31. The molecule has 1 aliphatic rings. The van der Waals surface area contributed by atoms with Gasteiger partial charge in [0.2, 0.25) is 5.91 Å². The number of carbonyl (C=O) groups is 2. The van der Waals surface area contributed by atoms with E-state index in [9.17, 15) is 14.0 Å². The zero-order valence-corrected chi connectivity index (χ0v) is 14.7. The van der Waals surface area contributed by atoms with Gasteiger partial charge in [-0.1, -0.05) is 36.4 Å². The van der Waals surface area contributed by atoms with Gasteiger partial charge in [-0.2, -0.15) is 0 Å². The number of amides is 2. The maximum absolute atomic E-state index is 13.6. The molecule has 1 N–H and O–H groups in total. The molecule has 2 amide bonds. The molecule has 0 spiro atoms. The van der Waals surface area contributed by atoms with Crippen LogP contribution in [0, 0.1) is 11.7 Å². The highest BCUT2D eigenvalue weighted by atomic mass is 19.1. The van der Waals surface area contributed by atoms with Crippen LogP contribution >= 0.6 is 0 Å². The van der Waals surface area contributed by atoms with Gasteiger partial charge in [0, 0.05) is 37.2 Å². The number of halogens is 1. The minimum Gasteiger partial charge on any atom is -0.352 e. The first-order valence-electron chi connectivity index (χ1n) is 8.98. The lowest BCUT2D eigenvalue weighted by Crippen LogP contribution is -2.39. The molecule has 0 radical (unpaired) electrons. The van der Waals surface area contributed by atoms with Crippen molar-refractivity contribution >= 4 is 11.8 Å². The minimum absolute atomic E-state index is 0.0491. The van der Waals surface area contributed by atoms with Crippen molar-refractivity contribution in [2.75, 3.05) is 13.1 Å². The van der Waals surface area contributed by atoms with Gasteiger partial charge in [-0.05, 0) is 37.0 Å². The van der Waals surface area contributed by atoms with E-state index in [-0.39, 0.29) is 30.1 Å². The molecule has 3 rings (SSSR count). The van der Waals surface area contributed by atoms with Crippen molar-refractivity contribution in [3.63, 3.8) is 0 Å². The third-order valence-corrected chi connectivity index (χ3v) is 4.83. The van der Waals surface area contributed by atoms with Gasteiger partial charge in [-0.25, -0.2) is 4.39 Å². The summed E-state index contributed by atoms with van der Waals surface area (Å²) < 4.78 is 13.6. The highest BCUT2D eigenvalue weighted by molar-refractivity contribution is 5.94. The molecule has 1 aliphatic heterocycles. The molecule has 0 aromatic heterocycles. The van der Waals surface area contributed by atoms with E-state index in [4.69, 9.17) is 0 Å². The van der Waals surface area contributed by atoms with E-state index in [1.165, 1.54) is 6.07 Å². The van der Waals surface area contributed by atoms with Gasteiger partial charge in [0.15, 0.2) is 0 Å². The van der Waals surface area contributed by atoms with Gasteiger partial charge in [0.1, 0.15) is 5.82 Å². The number of hydrogen-bond donors (Lipinski definition) is 1. The Kier molecular flexibility index (Phi) is 6.00. The highest BCUT2D eigenvalue weighted by Gasteiger charge is 2.25. The Bertz CT molecular complexity index is 756. The average Bonchev–Trinajstić information content (AvgIpc) is 2.68. The van der Waals surface area contributed by atoms with Crippen LogP contribution in [0.1, 0.15) is 35.2 Å². The number of nitrogens with one attached hydrogen (secondary N) is 1. The van der Waals surface area contributed by atoms with Gasteiger partial charge >= 0.3 is 0 Å². The fourth-order valence-corrected chi connectivity index (χ4v) is 3.27. The second kappa shape index (κ2) is 8.61. The summed E-state index contributed by atoms with van der Waals surface area (Å²) in [5.41, 5.74) is 1.19. The smallest absolute Gasteiger partial charge is 0.253 e. The van der Waals surface area contributed by atoms with E-state index >= 15 is 0 Å². The Balaban J connectivity index is 1.43. The Morgan fingerprint density at radius 1 is 1.00 bits per heavy atom. The zero-order valence-electron chi connectivity index (χ0n) is 14.7. The Labute approximate surface area is 153 Å². The first kappa shape index (κ1) is 18.1. The molecule has 5 heteroatoms. The summed E-state index contributed by atoms with van der Waals surface area (Å²) in [6.45, 7) is 1.54. The Morgan fingerprint density at radius 3 is 2.35 bits per heavy atom. The molecule has 0 saturated carbocycles. The predicted molar refractivity (Wildman–Crippen MR) is 97.9 cm³/mol. The molecule has 0 bridgehead atoms. The fraction of sp³-hybridized carbons (Fsp3) is 0.333. The van der Waals surface area contributed by atoms with Crippen molar-refractivity contribution in [3.8, 4) is 0 Å². The van der Waals surface area contributed by atoms with E-state index in [0.717, 1.165) is 12.8 Å². The Hall–Kier alpha value is -2.69. The molecule has 2 aromatic rings. The summed E-state index contributed by atoms with van der Waals surface area (Å²) in [6, 6.07) is 15.7. The van der Waals surface area contributed by atoms with Crippen LogP contribution in [0.4, 0.5) is 4.39 Å². The fourth-order valence-electron chi connectivity index (χ4n) is 3.27. The van der Waals surface area contributed by atoms with Crippen molar-refractivity contribution in [1.29, 1.82) is 0 Å². The number of hydrogen-bond acceptors (Lipinski definition) is 2. The summed E-state index contributed by atoms with van der Waals surface area (Å²) in [4.78, 5) is 26.4. The van der Waals surface area contributed by atoms with E-state index in [1.54, 1.807) is 18.2 Å². The number of piperidine rings is 1. The van der Waals surface area contributed by atoms with Crippen LogP contribution in [0.5, 0.6) is 0 Å². The van der Waals surface area contributed by atoms with Crippen LogP contribution in [0.15, 0.2) is 54.6 Å². The van der Waals surface area contributed by atoms with Crippen molar-refractivity contribution in [2.24, 2.45) is 5.92 Å². The molecule has 0 aliphatic carbocycles. The minimum atomic E-state index is -0.305. The average molecular weight is 354 g/mol. The largest absolute Gasteiger partial charge is 0.352 e. The van der Waals surface area contributed by atoms with E-state index in [1.807, 2.05) is 35.2 Å². The molecule has 2 aromatic carbocycles. The first-order valence-corrected chi connectivity index (χ1v) is 8.98. The van der Waals surface area contributed by atoms with Gasteiger partial charge < -0.3 is 10.2 Å². The quantitative estimate of drug-likeness (QED) is 0.895. The normalized spacial score (nSPS) is 14.9. The second-order valence-electron chi connectivity index (χ2n) is 6.67. The predicted octanol–water partition coefficient (Wildman–Crippen LogP) is 3.38. The molecule has 0 unspecified atom stereocenters. The lowest BCUT2D eigenvalue weighted by atomic mass is 9.93. The monoisotopic (exact) mass is 354 g/mol. The second-order valence-corrected chi connectivity index (χ2v) is 6.67. The van der Waals surface area contributed by atoms with Crippen molar-refractivity contribution < 1.29 is 14.0 Å². The number of likely N-dealkylation sites (tertiary alicyclic amines) is 1. The summed E-state index contributed by atoms with van der Waals surface area (Å²) in [7, 11) is 0. The third-order valence-electron chi connectivity index (χ3n) is 4.83. The van der Waals surface area contributed by atoms with E-state index < -0.39 is 0 Å². The first-order chi connectivity index (χ1) is 12.6. The van der Waals surface area contributed by atoms with Crippen LogP contribution in [0.3, 0.4) is 0 Å². The molecular formula is C21H23FN2O2.